The summed E-state index contributed by atoms with van der Waals surface area (Å²) in [6, 6.07) is 48.1. The van der Waals surface area contributed by atoms with Crippen molar-refractivity contribution in [3.8, 4) is 33.4 Å². The van der Waals surface area contributed by atoms with Gasteiger partial charge in [0.05, 0.1) is 0 Å². The maximum Gasteiger partial charge on any atom is 0.0465 e. The lowest BCUT2D eigenvalue weighted by molar-refractivity contribution is 0.397. The standard InChI is InChI=1S/C87H121Br2N/c1-7-13-19-25-31-39-57-85(58-40-32-26-20-14-8-2)79-46-38-37-45-73(79)76-54-49-70(65-82(76)85)90(71-50-55-77-74-52-47-68(88)63-80(74)86(83(77)66-71,59-41-33-27-21-15-9-3)60-42-34-28-22-16-10-4)72-51-56-78-75-53-48-69(89)64-81(75)87(84(78)67-72,61-43-35-29-23-17-11-5)62-44-36-30-24-18-12-6/h37-38,45-56,63-67H,7-36,39-44,57-62H2,1-6H3. The largest absolute Gasteiger partial charge is 0.310 e. The van der Waals surface area contributed by atoms with Crippen molar-refractivity contribution in [2.75, 3.05) is 4.90 Å². The van der Waals surface area contributed by atoms with E-state index >= 15 is 0 Å². The molecule has 3 aliphatic rings. The SMILES string of the molecule is CCCCCCCCC1(CCCCCCCC)c2ccccc2-c2ccc(N(c3ccc4c(c3)C(CCCCCCCC)(CCCCCCCC)c3cc(Br)ccc3-4)c3ccc4c(c3)C(CCCCCCCC)(CCCCCCCC)c3cc(Br)ccc3-4)cc21. The molecule has 6 aromatic carbocycles. The van der Waals surface area contributed by atoms with Gasteiger partial charge in [-0.3, -0.25) is 0 Å². The van der Waals surface area contributed by atoms with Crippen LogP contribution in [0.1, 0.15) is 345 Å². The fourth-order valence-electron chi connectivity index (χ4n) is 17.5. The van der Waals surface area contributed by atoms with Crippen molar-refractivity contribution in [1.82, 2.24) is 0 Å². The highest BCUT2D eigenvalue weighted by atomic mass is 79.9. The maximum absolute atomic E-state index is 4.08. The molecule has 0 bridgehead atoms. The number of anilines is 3. The smallest absolute Gasteiger partial charge is 0.0465 e. The molecule has 0 radical (unpaired) electrons. The Hall–Kier alpha value is -3.92. The number of unbranched alkanes of at least 4 members (excludes halogenated alkanes) is 30. The molecule has 0 fully saturated rings. The maximum atomic E-state index is 4.08. The molecule has 0 heterocycles. The Morgan fingerprint density at radius 3 is 0.744 bits per heavy atom. The van der Waals surface area contributed by atoms with E-state index in [4.69, 9.17) is 0 Å². The lowest BCUT2D eigenvalue weighted by Gasteiger charge is -2.36. The summed E-state index contributed by atoms with van der Waals surface area (Å²) < 4.78 is 2.43. The minimum atomic E-state index is -0.0506. The molecule has 0 unspecified atom stereocenters. The predicted molar refractivity (Wildman–Crippen MR) is 403 cm³/mol. The second-order valence-corrected chi connectivity index (χ2v) is 30.6. The van der Waals surface area contributed by atoms with Crippen LogP contribution in [-0.2, 0) is 16.2 Å². The third-order valence-electron chi connectivity index (χ3n) is 22.4. The first-order valence-electron chi connectivity index (χ1n) is 38.2. The minimum absolute atomic E-state index is 0.0180. The van der Waals surface area contributed by atoms with E-state index in [1.165, 1.54) is 329 Å². The average Bonchev–Trinajstić information content (AvgIpc) is 1.57. The molecule has 0 aliphatic heterocycles. The van der Waals surface area contributed by atoms with E-state index in [1.54, 1.807) is 33.4 Å². The summed E-state index contributed by atoms with van der Waals surface area (Å²) >= 11 is 8.16. The van der Waals surface area contributed by atoms with E-state index < -0.39 is 0 Å². The van der Waals surface area contributed by atoms with Crippen LogP contribution in [0.3, 0.4) is 0 Å². The van der Waals surface area contributed by atoms with Gasteiger partial charge in [0.25, 0.3) is 0 Å². The van der Waals surface area contributed by atoms with Gasteiger partial charge < -0.3 is 4.90 Å². The second kappa shape index (κ2) is 36.1. The van der Waals surface area contributed by atoms with Gasteiger partial charge in [-0.05, 0) is 166 Å². The van der Waals surface area contributed by atoms with E-state index in [0.29, 0.717) is 0 Å². The van der Waals surface area contributed by atoms with Gasteiger partial charge in [-0.15, -0.1) is 0 Å². The molecule has 488 valence electrons. The summed E-state index contributed by atoms with van der Waals surface area (Å²) in [6.07, 6.45) is 54.8. The molecule has 0 saturated heterocycles. The molecule has 0 atom stereocenters. The molecule has 0 N–H and O–H groups in total. The summed E-state index contributed by atoms with van der Waals surface area (Å²) in [5.74, 6) is 0. The van der Waals surface area contributed by atoms with Gasteiger partial charge >= 0.3 is 0 Å². The normalized spacial score (nSPS) is 14.4. The first-order chi connectivity index (χ1) is 44.2. The van der Waals surface area contributed by atoms with E-state index in [-0.39, 0.29) is 16.2 Å². The fraction of sp³-hybridized carbons (Fsp3) is 0.586. The van der Waals surface area contributed by atoms with Gasteiger partial charge in [-0.25, -0.2) is 0 Å². The van der Waals surface area contributed by atoms with Crippen LogP contribution in [0.5, 0.6) is 0 Å². The van der Waals surface area contributed by atoms with Crippen LogP contribution >= 0.6 is 31.9 Å². The fourth-order valence-corrected chi connectivity index (χ4v) is 18.2. The molecule has 3 heteroatoms. The number of halogens is 2. The molecule has 0 amide bonds. The van der Waals surface area contributed by atoms with E-state index in [1.807, 2.05) is 0 Å². The Bertz CT molecular complexity index is 2930. The first kappa shape index (κ1) is 70.4. The van der Waals surface area contributed by atoms with E-state index in [9.17, 15) is 0 Å². The number of benzene rings is 6. The number of rotatable bonds is 45. The highest BCUT2D eigenvalue weighted by Gasteiger charge is 2.46. The molecular weight excluding hydrogens is 1220 g/mol. The molecule has 1 nitrogen and oxygen atoms in total. The van der Waals surface area contributed by atoms with Crippen LogP contribution < -0.4 is 4.90 Å². The van der Waals surface area contributed by atoms with Crippen LogP contribution in [0.2, 0.25) is 0 Å². The van der Waals surface area contributed by atoms with Gasteiger partial charge in [0.2, 0.25) is 0 Å². The zero-order valence-corrected chi connectivity index (χ0v) is 61.0. The highest BCUT2D eigenvalue weighted by Crippen LogP contribution is 2.60. The van der Waals surface area contributed by atoms with Crippen molar-refractivity contribution in [1.29, 1.82) is 0 Å². The Kier molecular flexibility index (Phi) is 28.2. The number of hydrogen-bond donors (Lipinski definition) is 0. The Morgan fingerprint density at radius 2 is 0.456 bits per heavy atom. The average molecular weight is 1340 g/mol. The Balaban J connectivity index is 1.24. The molecule has 0 aromatic heterocycles. The van der Waals surface area contributed by atoms with Crippen LogP contribution in [0.15, 0.2) is 124 Å². The third kappa shape index (κ3) is 16.8. The Morgan fingerprint density at radius 1 is 0.233 bits per heavy atom. The molecule has 90 heavy (non-hydrogen) atoms. The highest BCUT2D eigenvalue weighted by molar-refractivity contribution is 9.10. The van der Waals surface area contributed by atoms with Crippen LogP contribution in [0, 0.1) is 0 Å². The van der Waals surface area contributed by atoms with Crippen molar-refractivity contribution in [2.24, 2.45) is 0 Å². The van der Waals surface area contributed by atoms with E-state index in [0.717, 1.165) is 0 Å². The lowest BCUT2D eigenvalue weighted by Crippen LogP contribution is -2.27. The quantitative estimate of drug-likeness (QED) is 0.0345. The molecular formula is C87H121Br2N. The number of nitrogens with zero attached hydrogens (tertiary/aromatic N) is 1. The van der Waals surface area contributed by atoms with Gasteiger partial charge in [-0.1, -0.05) is 359 Å². The monoisotopic (exact) mass is 1340 g/mol. The zero-order chi connectivity index (χ0) is 63.0. The van der Waals surface area contributed by atoms with Gasteiger partial charge in [0.1, 0.15) is 0 Å². The van der Waals surface area contributed by atoms with Crippen molar-refractivity contribution in [3.63, 3.8) is 0 Å². The summed E-state index contributed by atoms with van der Waals surface area (Å²) in [5.41, 5.74) is 22.1. The number of fused-ring (bicyclic) bond motifs is 9. The Labute approximate surface area is 568 Å². The lowest BCUT2D eigenvalue weighted by atomic mass is 9.70. The minimum Gasteiger partial charge on any atom is -0.310 e. The molecule has 3 aliphatic carbocycles. The van der Waals surface area contributed by atoms with Crippen LogP contribution in [0.4, 0.5) is 17.1 Å². The van der Waals surface area contributed by atoms with Crippen LogP contribution in [-0.4, -0.2) is 0 Å². The van der Waals surface area contributed by atoms with Crippen molar-refractivity contribution >= 4 is 48.9 Å². The predicted octanol–water partition coefficient (Wildman–Crippen LogP) is 30.0. The number of hydrogen-bond acceptors (Lipinski definition) is 1. The molecule has 0 saturated carbocycles. The van der Waals surface area contributed by atoms with E-state index in [2.05, 4.69) is 194 Å². The molecule has 0 spiro atoms. The summed E-state index contributed by atoms with van der Waals surface area (Å²) in [7, 11) is 0. The molecule has 6 aromatic rings. The zero-order valence-electron chi connectivity index (χ0n) is 57.9. The van der Waals surface area contributed by atoms with Gasteiger partial charge in [-0.2, -0.15) is 0 Å². The van der Waals surface area contributed by atoms with Crippen LogP contribution in [0.25, 0.3) is 33.4 Å². The summed E-state index contributed by atoms with van der Waals surface area (Å²) in [4.78, 5) is 2.79. The summed E-state index contributed by atoms with van der Waals surface area (Å²) in [5, 5.41) is 0. The van der Waals surface area contributed by atoms with Crippen molar-refractivity contribution in [3.05, 3.63) is 158 Å². The first-order valence-corrected chi connectivity index (χ1v) is 39.8. The third-order valence-corrected chi connectivity index (χ3v) is 23.4. The van der Waals surface area contributed by atoms with Gasteiger partial charge in [0, 0.05) is 42.3 Å². The van der Waals surface area contributed by atoms with Gasteiger partial charge in [0.15, 0.2) is 0 Å². The summed E-state index contributed by atoms with van der Waals surface area (Å²) in [6.45, 7) is 14.1. The van der Waals surface area contributed by atoms with Crippen molar-refractivity contribution in [2.45, 2.75) is 327 Å². The van der Waals surface area contributed by atoms with Crippen molar-refractivity contribution < 1.29 is 0 Å². The second-order valence-electron chi connectivity index (χ2n) is 28.8. The topological polar surface area (TPSA) is 3.24 Å². The molecule has 9 rings (SSSR count).